The van der Waals surface area contributed by atoms with Crippen LogP contribution < -0.4 is 10.1 Å². The summed E-state index contributed by atoms with van der Waals surface area (Å²) < 4.78 is 28.1. The summed E-state index contributed by atoms with van der Waals surface area (Å²) in [5.41, 5.74) is 0. The van der Waals surface area contributed by atoms with Gasteiger partial charge >= 0.3 is 0 Å². The summed E-state index contributed by atoms with van der Waals surface area (Å²) in [6.45, 7) is 1.02. The lowest BCUT2D eigenvalue weighted by atomic mass is 10.1. The Labute approximate surface area is 119 Å². The number of benzene rings is 1. The monoisotopic (exact) mass is 297 g/mol. The number of rotatable bonds is 6. The molecule has 1 N–H and O–H groups in total. The molecule has 1 amide bonds. The molecule has 0 radical (unpaired) electrons. The maximum absolute atomic E-state index is 11.7. The standard InChI is InChI=1S/C14H19NO4S/c16-14(12-7-10-20(17,18)11-12)15-8-4-9-19-13-5-2-1-3-6-13/h1-3,5-6,12H,4,7-11H2,(H,15,16). The highest BCUT2D eigenvalue weighted by atomic mass is 32.2. The lowest BCUT2D eigenvalue weighted by Gasteiger charge is -2.10. The molecule has 0 aliphatic carbocycles. The maximum atomic E-state index is 11.7. The molecule has 5 nitrogen and oxygen atoms in total. The van der Waals surface area contributed by atoms with E-state index in [0.29, 0.717) is 26.0 Å². The minimum absolute atomic E-state index is 0.0145. The van der Waals surface area contributed by atoms with Gasteiger partial charge in [0.2, 0.25) is 5.91 Å². The lowest BCUT2D eigenvalue weighted by molar-refractivity contribution is -0.124. The van der Waals surface area contributed by atoms with Gasteiger partial charge < -0.3 is 10.1 Å². The molecule has 1 fully saturated rings. The first-order chi connectivity index (χ1) is 9.57. The largest absolute Gasteiger partial charge is 0.494 e. The van der Waals surface area contributed by atoms with Crippen molar-refractivity contribution < 1.29 is 17.9 Å². The molecule has 2 rings (SSSR count). The van der Waals surface area contributed by atoms with E-state index in [1.54, 1.807) is 0 Å². The molecule has 1 aromatic carbocycles. The number of amides is 1. The van der Waals surface area contributed by atoms with Crippen molar-refractivity contribution in [1.82, 2.24) is 5.32 Å². The Balaban J connectivity index is 1.61. The Kier molecular flexibility index (Phi) is 5.00. The van der Waals surface area contributed by atoms with Crippen LogP contribution in [-0.4, -0.2) is 39.0 Å². The number of hydrogen-bond donors (Lipinski definition) is 1. The second kappa shape index (κ2) is 6.74. The Morgan fingerprint density at radius 2 is 2.05 bits per heavy atom. The van der Waals surface area contributed by atoms with Crippen molar-refractivity contribution in [2.75, 3.05) is 24.7 Å². The topological polar surface area (TPSA) is 72.5 Å². The summed E-state index contributed by atoms with van der Waals surface area (Å²) in [4.78, 5) is 11.7. The zero-order valence-electron chi connectivity index (χ0n) is 11.2. The fourth-order valence-corrected chi connectivity index (χ4v) is 3.88. The Bertz CT molecular complexity index is 542. The van der Waals surface area contributed by atoms with Crippen molar-refractivity contribution in [3.63, 3.8) is 0 Å². The van der Waals surface area contributed by atoms with Gasteiger partial charge in [-0.05, 0) is 25.0 Å². The molecular weight excluding hydrogens is 278 g/mol. The number of ether oxygens (including phenoxy) is 1. The third kappa shape index (κ3) is 4.52. The van der Waals surface area contributed by atoms with Crippen molar-refractivity contribution in [3.8, 4) is 5.75 Å². The third-order valence-electron chi connectivity index (χ3n) is 3.24. The summed E-state index contributed by atoms with van der Waals surface area (Å²) in [6.07, 6.45) is 1.13. The normalized spacial score (nSPS) is 20.5. The van der Waals surface area contributed by atoms with E-state index in [0.717, 1.165) is 5.75 Å². The van der Waals surface area contributed by atoms with E-state index in [2.05, 4.69) is 5.32 Å². The van der Waals surface area contributed by atoms with E-state index < -0.39 is 9.84 Å². The van der Waals surface area contributed by atoms with Gasteiger partial charge in [0, 0.05) is 6.54 Å². The zero-order valence-corrected chi connectivity index (χ0v) is 12.1. The van der Waals surface area contributed by atoms with E-state index in [9.17, 15) is 13.2 Å². The van der Waals surface area contributed by atoms with E-state index >= 15 is 0 Å². The summed E-state index contributed by atoms with van der Waals surface area (Å²) in [5.74, 6) is 0.378. The van der Waals surface area contributed by atoms with Crippen molar-refractivity contribution in [1.29, 1.82) is 0 Å². The molecule has 1 saturated heterocycles. The van der Waals surface area contributed by atoms with Crippen LogP contribution in [0.25, 0.3) is 0 Å². The zero-order chi connectivity index (χ0) is 14.4. The fourth-order valence-electron chi connectivity index (χ4n) is 2.14. The summed E-state index contributed by atoms with van der Waals surface area (Å²) in [7, 11) is -3.00. The van der Waals surface area contributed by atoms with Crippen molar-refractivity contribution >= 4 is 15.7 Å². The van der Waals surface area contributed by atoms with E-state index in [1.807, 2.05) is 30.3 Å². The molecule has 1 aromatic rings. The van der Waals surface area contributed by atoms with E-state index in [4.69, 9.17) is 4.74 Å². The Hall–Kier alpha value is -1.56. The van der Waals surface area contributed by atoms with Gasteiger partial charge in [-0.25, -0.2) is 8.42 Å². The van der Waals surface area contributed by atoms with Gasteiger partial charge in [0.25, 0.3) is 0 Å². The van der Waals surface area contributed by atoms with E-state index in [-0.39, 0.29) is 23.3 Å². The highest BCUT2D eigenvalue weighted by molar-refractivity contribution is 7.91. The van der Waals surface area contributed by atoms with E-state index in [1.165, 1.54) is 0 Å². The first-order valence-corrected chi connectivity index (χ1v) is 8.55. The molecule has 1 atom stereocenters. The number of hydrogen-bond acceptors (Lipinski definition) is 4. The molecule has 0 bridgehead atoms. The van der Waals surface area contributed by atoms with Crippen LogP contribution in [0.1, 0.15) is 12.8 Å². The number of nitrogens with one attached hydrogen (secondary N) is 1. The summed E-state index contributed by atoms with van der Waals surface area (Å²) >= 11 is 0. The molecule has 1 heterocycles. The number of para-hydroxylation sites is 1. The second-order valence-electron chi connectivity index (χ2n) is 4.91. The van der Waals surface area contributed by atoms with Crippen molar-refractivity contribution in [3.05, 3.63) is 30.3 Å². The van der Waals surface area contributed by atoms with Gasteiger partial charge in [0.05, 0.1) is 24.0 Å². The van der Waals surface area contributed by atoms with Crippen LogP contribution >= 0.6 is 0 Å². The molecule has 0 aromatic heterocycles. The van der Waals surface area contributed by atoms with Crippen LogP contribution in [0.4, 0.5) is 0 Å². The van der Waals surface area contributed by atoms with Gasteiger partial charge in [-0.15, -0.1) is 0 Å². The molecule has 0 spiro atoms. The van der Waals surface area contributed by atoms with Crippen LogP contribution in [0.3, 0.4) is 0 Å². The predicted molar refractivity (Wildman–Crippen MR) is 76.3 cm³/mol. The summed E-state index contributed by atoms with van der Waals surface area (Å²) in [6, 6.07) is 9.47. The minimum atomic E-state index is -3.00. The van der Waals surface area contributed by atoms with Gasteiger partial charge in [-0.3, -0.25) is 4.79 Å². The third-order valence-corrected chi connectivity index (χ3v) is 5.00. The second-order valence-corrected chi connectivity index (χ2v) is 7.13. The molecule has 110 valence electrons. The SMILES string of the molecule is O=C(NCCCOc1ccccc1)C1CCS(=O)(=O)C1. The molecule has 1 aliphatic rings. The van der Waals surface area contributed by atoms with Crippen LogP contribution in [0, 0.1) is 5.92 Å². The van der Waals surface area contributed by atoms with Crippen molar-refractivity contribution in [2.45, 2.75) is 12.8 Å². The molecular formula is C14H19NO4S. The highest BCUT2D eigenvalue weighted by Crippen LogP contribution is 2.18. The Morgan fingerprint density at radius 3 is 2.70 bits per heavy atom. The first-order valence-electron chi connectivity index (χ1n) is 6.73. The van der Waals surface area contributed by atoms with Crippen LogP contribution in [0.15, 0.2) is 30.3 Å². The quantitative estimate of drug-likeness (QED) is 0.795. The van der Waals surface area contributed by atoms with Crippen LogP contribution in [-0.2, 0) is 14.6 Å². The lowest BCUT2D eigenvalue weighted by Crippen LogP contribution is -2.32. The predicted octanol–water partition coefficient (Wildman–Crippen LogP) is 1.01. The number of carbonyl (C=O) groups excluding carboxylic acids is 1. The smallest absolute Gasteiger partial charge is 0.224 e. The van der Waals surface area contributed by atoms with Crippen LogP contribution in [0.2, 0.25) is 0 Å². The molecule has 1 unspecified atom stereocenters. The van der Waals surface area contributed by atoms with Gasteiger partial charge in [-0.1, -0.05) is 18.2 Å². The first kappa shape index (κ1) is 14.8. The van der Waals surface area contributed by atoms with Crippen LogP contribution in [0.5, 0.6) is 5.75 Å². The number of carbonyl (C=O) groups is 1. The fraction of sp³-hybridized carbons (Fsp3) is 0.500. The van der Waals surface area contributed by atoms with Gasteiger partial charge in [-0.2, -0.15) is 0 Å². The van der Waals surface area contributed by atoms with Gasteiger partial charge in [0.15, 0.2) is 9.84 Å². The molecule has 0 saturated carbocycles. The van der Waals surface area contributed by atoms with Crippen molar-refractivity contribution in [2.24, 2.45) is 5.92 Å². The summed E-state index contributed by atoms with van der Waals surface area (Å²) in [5, 5.41) is 2.77. The average molecular weight is 297 g/mol. The maximum Gasteiger partial charge on any atom is 0.224 e. The molecule has 1 aliphatic heterocycles. The minimum Gasteiger partial charge on any atom is -0.494 e. The molecule has 20 heavy (non-hydrogen) atoms. The highest BCUT2D eigenvalue weighted by Gasteiger charge is 2.32. The van der Waals surface area contributed by atoms with Gasteiger partial charge in [0.1, 0.15) is 5.75 Å². The average Bonchev–Trinajstić information content (AvgIpc) is 2.80. The molecule has 6 heteroatoms. The Morgan fingerprint density at radius 1 is 1.30 bits per heavy atom. The number of sulfone groups is 1.